The Morgan fingerprint density at radius 2 is 1.81 bits per heavy atom. The predicted molar refractivity (Wildman–Crippen MR) is 113 cm³/mol. The molecule has 0 aliphatic carbocycles. The highest BCUT2D eigenvalue weighted by Crippen LogP contribution is 2.35. The third kappa shape index (κ3) is 4.48. The second kappa shape index (κ2) is 9.34. The molecule has 0 saturated heterocycles. The van der Waals surface area contributed by atoms with Gasteiger partial charge in [0.25, 0.3) is 0 Å². The van der Waals surface area contributed by atoms with Crippen LogP contribution in [0.4, 0.5) is 14.5 Å². The number of phenolic OH excluding ortho intramolecular Hbond substituents is 1. The molecule has 3 N–H and O–H groups in total. The molecule has 3 aromatic carbocycles. The topological polar surface area (TPSA) is 89.9 Å². The van der Waals surface area contributed by atoms with Gasteiger partial charge in [-0.15, -0.1) is 0 Å². The van der Waals surface area contributed by atoms with E-state index in [1.165, 1.54) is 13.0 Å². The van der Waals surface area contributed by atoms with Crippen molar-refractivity contribution < 1.29 is 28.1 Å². The summed E-state index contributed by atoms with van der Waals surface area (Å²) in [4.78, 5) is 10.8. The van der Waals surface area contributed by atoms with E-state index in [0.717, 1.165) is 17.7 Å². The van der Waals surface area contributed by atoms with Crippen LogP contribution in [-0.4, -0.2) is 27.9 Å². The number of carbonyl (C=O) groups is 1. The smallest absolute Gasteiger partial charge is 0.181 e. The number of hydrogen-bond donors (Lipinski definition) is 3. The molecule has 0 aromatic heterocycles. The predicted octanol–water partition coefficient (Wildman–Crippen LogP) is 4.10. The van der Waals surface area contributed by atoms with Gasteiger partial charge in [0.1, 0.15) is 28.4 Å². The van der Waals surface area contributed by atoms with Gasteiger partial charge in [-0.2, -0.15) is 4.47 Å². The number of aldehydes is 1. The van der Waals surface area contributed by atoms with Gasteiger partial charge >= 0.3 is 0 Å². The molecule has 1 atom stereocenters. The van der Waals surface area contributed by atoms with Gasteiger partial charge in [-0.05, 0) is 48.9 Å². The van der Waals surface area contributed by atoms with Crippen molar-refractivity contribution >= 4 is 23.0 Å². The van der Waals surface area contributed by atoms with Crippen LogP contribution < -0.4 is 9.79 Å². The van der Waals surface area contributed by atoms with Crippen LogP contribution in [0.15, 0.2) is 53.4 Å². The minimum atomic E-state index is -2.50. The van der Waals surface area contributed by atoms with Gasteiger partial charge in [-0.25, -0.2) is 13.0 Å². The van der Waals surface area contributed by atoms with Crippen LogP contribution in [0.1, 0.15) is 21.5 Å². The first kappa shape index (κ1) is 22.5. The Morgan fingerprint density at radius 3 is 2.48 bits per heavy atom. The maximum atomic E-state index is 14.6. The van der Waals surface area contributed by atoms with E-state index in [9.17, 15) is 28.1 Å². The molecule has 9 heteroatoms. The summed E-state index contributed by atoms with van der Waals surface area (Å²) in [5, 5.41) is 23.7. The Kier molecular flexibility index (Phi) is 6.79. The lowest BCUT2D eigenvalue weighted by molar-refractivity contribution is 0.112. The fraction of sp³-hybridized carbons (Fsp3) is 0.136. The highest BCUT2D eigenvalue weighted by Gasteiger charge is 2.24. The summed E-state index contributed by atoms with van der Waals surface area (Å²) < 4.78 is 42.1. The number of carbonyl (C=O) groups excluding carboxylic acids is 1. The minimum absolute atomic E-state index is 0.000319. The average molecular weight is 446 g/mol. The molecule has 3 rings (SSSR count). The highest BCUT2D eigenvalue weighted by molar-refractivity contribution is 7.86. The molecule has 0 aliphatic heterocycles. The van der Waals surface area contributed by atoms with Crippen molar-refractivity contribution in [3.8, 4) is 16.9 Å². The van der Waals surface area contributed by atoms with E-state index < -0.39 is 34.1 Å². The third-order valence-corrected chi connectivity index (χ3v) is 5.88. The summed E-state index contributed by atoms with van der Waals surface area (Å²) in [5.41, 5.74) is 1.02. The van der Waals surface area contributed by atoms with Crippen molar-refractivity contribution in [2.45, 2.75) is 18.4 Å². The molecule has 3 aromatic rings. The molecule has 0 bridgehead atoms. The molecule has 0 amide bonds. The molecule has 31 heavy (non-hydrogen) atoms. The van der Waals surface area contributed by atoms with Crippen LogP contribution in [0.3, 0.4) is 0 Å². The number of anilines is 1. The summed E-state index contributed by atoms with van der Waals surface area (Å²) in [6, 6.07) is 11.0. The normalized spacial score (nSPS) is 11.9. The summed E-state index contributed by atoms with van der Waals surface area (Å²) in [6.45, 7) is 1.91. The second-order valence-corrected chi connectivity index (χ2v) is 8.08. The number of aromatic hydroxyl groups is 1. The fourth-order valence-electron chi connectivity index (χ4n) is 3.18. The third-order valence-electron chi connectivity index (χ3n) is 4.69. The average Bonchev–Trinajstić information content (AvgIpc) is 2.75. The van der Waals surface area contributed by atoms with E-state index in [4.69, 9.17) is 0 Å². The lowest BCUT2D eigenvalue weighted by Crippen LogP contribution is -2.23. The first-order valence-electron chi connectivity index (χ1n) is 9.20. The molecule has 162 valence electrons. The fourth-order valence-corrected chi connectivity index (χ4v) is 4.24. The molecule has 0 spiro atoms. The zero-order valence-corrected chi connectivity index (χ0v) is 17.5. The van der Waals surface area contributed by atoms with Crippen LogP contribution in [0, 0.1) is 18.6 Å². The number of rotatable bonds is 7. The van der Waals surface area contributed by atoms with Crippen molar-refractivity contribution in [3.05, 3.63) is 76.9 Å². The van der Waals surface area contributed by atoms with Crippen molar-refractivity contribution in [3.63, 3.8) is 0 Å². The standard InChI is InChI=1S/C22H20F2N2O4S/c1-13-7-14(12-27)8-21(22(13)28)31(30)26(29)20-9-17(18(23)10-19(20)24)16-6-4-3-5-15(16)11-25-2/h3-10,12,25,28-29H,11H2,1-2H3. The van der Waals surface area contributed by atoms with Crippen molar-refractivity contribution in [1.29, 1.82) is 0 Å². The first-order chi connectivity index (χ1) is 14.8. The summed E-state index contributed by atoms with van der Waals surface area (Å²) in [6.07, 6.45) is 0.490. The Balaban J connectivity index is 2.10. The van der Waals surface area contributed by atoms with Crippen molar-refractivity contribution in [2.75, 3.05) is 11.5 Å². The first-order valence-corrected chi connectivity index (χ1v) is 10.3. The molecule has 0 fully saturated rings. The van der Waals surface area contributed by atoms with E-state index in [-0.39, 0.29) is 26.1 Å². The lowest BCUT2D eigenvalue weighted by atomic mass is 9.98. The molecular formula is C22H20F2N2O4S. The summed E-state index contributed by atoms with van der Waals surface area (Å²) >= 11 is 0. The number of hydrogen-bond acceptors (Lipinski definition) is 5. The van der Waals surface area contributed by atoms with Crippen LogP contribution in [0.25, 0.3) is 11.1 Å². The largest absolute Gasteiger partial charge is 0.506 e. The van der Waals surface area contributed by atoms with Gasteiger partial charge in [0.05, 0.1) is 0 Å². The maximum absolute atomic E-state index is 14.6. The van der Waals surface area contributed by atoms with Gasteiger partial charge in [-0.1, -0.05) is 24.3 Å². The highest BCUT2D eigenvalue weighted by atomic mass is 32.2. The molecule has 0 heterocycles. The van der Waals surface area contributed by atoms with E-state index in [1.807, 2.05) is 0 Å². The monoisotopic (exact) mass is 446 g/mol. The van der Waals surface area contributed by atoms with Crippen molar-refractivity contribution in [2.24, 2.45) is 0 Å². The van der Waals surface area contributed by atoms with E-state index in [1.54, 1.807) is 31.3 Å². The van der Waals surface area contributed by atoms with Crippen LogP contribution in [0.5, 0.6) is 5.75 Å². The van der Waals surface area contributed by atoms with Crippen LogP contribution >= 0.6 is 0 Å². The number of nitrogens with zero attached hydrogens (tertiary/aromatic N) is 1. The number of nitrogens with one attached hydrogen (secondary N) is 1. The lowest BCUT2D eigenvalue weighted by Gasteiger charge is -2.19. The van der Waals surface area contributed by atoms with Crippen LogP contribution in [0.2, 0.25) is 0 Å². The molecule has 0 aliphatic rings. The Bertz CT molecular complexity index is 1170. The SMILES string of the molecule is CNCc1ccccc1-c1cc(N(O)S(=O)c2cc(C=O)cc(C)c2O)c(F)cc1F. The summed E-state index contributed by atoms with van der Waals surface area (Å²) in [5.74, 6) is -2.42. The number of aryl methyl sites for hydroxylation is 1. The zero-order valence-electron chi connectivity index (χ0n) is 16.7. The van der Waals surface area contributed by atoms with Gasteiger partial charge in [0.2, 0.25) is 0 Å². The minimum Gasteiger partial charge on any atom is -0.506 e. The number of benzene rings is 3. The zero-order chi connectivity index (χ0) is 22.7. The van der Waals surface area contributed by atoms with Gasteiger partial charge in [-0.3, -0.25) is 10.0 Å². The van der Waals surface area contributed by atoms with Gasteiger partial charge in [0.15, 0.2) is 16.8 Å². The molecule has 6 nitrogen and oxygen atoms in total. The summed E-state index contributed by atoms with van der Waals surface area (Å²) in [7, 11) is -0.772. The number of halogens is 2. The quantitative estimate of drug-likeness (QED) is 0.376. The van der Waals surface area contributed by atoms with Gasteiger partial charge in [0, 0.05) is 23.7 Å². The Hall–Kier alpha value is -3.14. The Morgan fingerprint density at radius 1 is 1.10 bits per heavy atom. The van der Waals surface area contributed by atoms with Crippen LogP contribution in [-0.2, 0) is 17.5 Å². The molecular weight excluding hydrogens is 426 g/mol. The molecule has 1 unspecified atom stereocenters. The van der Waals surface area contributed by atoms with E-state index in [2.05, 4.69) is 5.32 Å². The van der Waals surface area contributed by atoms with Gasteiger partial charge < -0.3 is 10.4 Å². The number of phenols is 1. The second-order valence-electron chi connectivity index (χ2n) is 6.80. The van der Waals surface area contributed by atoms with E-state index >= 15 is 0 Å². The Labute approximate surface area is 180 Å². The molecule has 0 saturated carbocycles. The molecule has 0 radical (unpaired) electrons. The van der Waals surface area contributed by atoms with Crippen molar-refractivity contribution in [1.82, 2.24) is 5.32 Å². The van der Waals surface area contributed by atoms with E-state index in [0.29, 0.717) is 24.5 Å². The maximum Gasteiger partial charge on any atom is 0.181 e.